The summed E-state index contributed by atoms with van der Waals surface area (Å²) >= 11 is 1.61. The zero-order valence-corrected chi connectivity index (χ0v) is 20.4. The lowest BCUT2D eigenvalue weighted by Crippen LogP contribution is -2.43. The minimum Gasteiger partial charge on any atom is -0.468 e. The largest absolute Gasteiger partial charge is 0.468 e. The zero-order chi connectivity index (χ0) is 25.0. The maximum absolute atomic E-state index is 13.7. The molecule has 0 fully saturated rings. The van der Waals surface area contributed by atoms with Crippen molar-refractivity contribution in [1.29, 1.82) is 0 Å². The van der Waals surface area contributed by atoms with Crippen LogP contribution in [-0.2, 0) is 23.9 Å². The van der Waals surface area contributed by atoms with Crippen LogP contribution in [0.3, 0.4) is 0 Å². The molecule has 3 atom stereocenters. The Labute approximate surface area is 202 Å². The van der Waals surface area contributed by atoms with Crippen LogP contribution in [0.1, 0.15) is 38.7 Å². The van der Waals surface area contributed by atoms with E-state index in [0.717, 1.165) is 5.75 Å². The van der Waals surface area contributed by atoms with Gasteiger partial charge in [-0.2, -0.15) is 11.8 Å². The number of carbonyl (C=O) groups is 3. The van der Waals surface area contributed by atoms with Crippen LogP contribution in [0.25, 0.3) is 0 Å². The fourth-order valence-corrected chi connectivity index (χ4v) is 5.07. The molecule has 0 bridgehead atoms. The predicted molar refractivity (Wildman–Crippen MR) is 127 cm³/mol. The van der Waals surface area contributed by atoms with Gasteiger partial charge in [-0.25, -0.2) is 4.79 Å². The first-order chi connectivity index (χ1) is 16.2. The van der Waals surface area contributed by atoms with E-state index in [1.54, 1.807) is 31.7 Å². The molecule has 10 heteroatoms. The van der Waals surface area contributed by atoms with Crippen molar-refractivity contribution >= 4 is 35.2 Å². The average molecular weight is 489 g/mol. The van der Waals surface area contributed by atoms with E-state index in [2.05, 4.69) is 5.32 Å². The Morgan fingerprint density at radius 1 is 1.29 bits per heavy atom. The van der Waals surface area contributed by atoms with Gasteiger partial charge in [-0.05, 0) is 25.0 Å². The third-order valence-electron chi connectivity index (χ3n) is 6.07. The molecule has 9 nitrogen and oxygen atoms in total. The number of hydrogen-bond acceptors (Lipinski definition) is 9. The first-order valence-electron chi connectivity index (χ1n) is 11.0. The zero-order valence-electron chi connectivity index (χ0n) is 19.6. The van der Waals surface area contributed by atoms with Gasteiger partial charge in [0.2, 0.25) is 0 Å². The molecule has 0 radical (unpaired) electrons. The van der Waals surface area contributed by atoms with E-state index in [9.17, 15) is 24.5 Å². The number of carbonyl (C=O) groups excluding carboxylic acids is 3. The lowest BCUT2D eigenvalue weighted by molar-refractivity contribution is -0.385. The van der Waals surface area contributed by atoms with Gasteiger partial charge in [-0.1, -0.05) is 32.0 Å². The van der Waals surface area contributed by atoms with Crippen molar-refractivity contribution in [3.05, 3.63) is 62.5 Å². The molecule has 1 heterocycles. The van der Waals surface area contributed by atoms with Gasteiger partial charge >= 0.3 is 11.9 Å². The van der Waals surface area contributed by atoms with E-state index < -0.39 is 34.5 Å². The summed E-state index contributed by atoms with van der Waals surface area (Å²) in [5, 5.41) is 15.0. The highest BCUT2D eigenvalue weighted by atomic mass is 32.2. The topological polar surface area (TPSA) is 125 Å². The Bertz CT molecular complexity index is 1080. The third-order valence-corrected chi connectivity index (χ3v) is 6.94. The Morgan fingerprint density at radius 2 is 2.00 bits per heavy atom. The highest BCUT2D eigenvalue weighted by Crippen LogP contribution is 2.47. The molecule has 1 aliphatic carbocycles. The summed E-state index contributed by atoms with van der Waals surface area (Å²) in [5.41, 5.74) is 1.29. The summed E-state index contributed by atoms with van der Waals surface area (Å²) in [6.45, 7) is 5.62. The number of Topliss-reactive ketones (excluding diaryl/α,β-unsaturated/α-hetero) is 1. The van der Waals surface area contributed by atoms with Gasteiger partial charge < -0.3 is 14.8 Å². The van der Waals surface area contributed by atoms with Gasteiger partial charge in [-0.15, -0.1) is 0 Å². The second-order valence-corrected chi connectivity index (χ2v) is 9.58. The van der Waals surface area contributed by atoms with Crippen LogP contribution in [0.2, 0.25) is 0 Å². The quantitative estimate of drug-likeness (QED) is 0.192. The molecule has 1 aliphatic heterocycles. The Morgan fingerprint density at radius 3 is 2.65 bits per heavy atom. The molecule has 3 rings (SSSR count). The summed E-state index contributed by atoms with van der Waals surface area (Å²) in [5.74, 6) is -2.80. The third kappa shape index (κ3) is 4.86. The number of para-hydroxylation sites is 1. The van der Waals surface area contributed by atoms with E-state index in [1.165, 1.54) is 25.3 Å². The van der Waals surface area contributed by atoms with E-state index in [0.29, 0.717) is 23.6 Å². The Balaban J connectivity index is 2.16. The highest BCUT2D eigenvalue weighted by molar-refractivity contribution is 7.99. The molecule has 0 saturated heterocycles. The molecule has 1 N–H and O–H groups in total. The number of nitrogens with one attached hydrogen (secondary N) is 1. The van der Waals surface area contributed by atoms with Crippen molar-refractivity contribution in [1.82, 2.24) is 5.32 Å². The van der Waals surface area contributed by atoms with Gasteiger partial charge in [0.1, 0.15) is 12.5 Å². The molecule has 1 aromatic carbocycles. The maximum atomic E-state index is 13.7. The van der Waals surface area contributed by atoms with Crippen molar-refractivity contribution in [3.63, 3.8) is 0 Å². The summed E-state index contributed by atoms with van der Waals surface area (Å²) in [6.07, 6.45) is 0.352. The first-order valence-corrected chi connectivity index (χ1v) is 12.2. The van der Waals surface area contributed by atoms with Gasteiger partial charge in [0, 0.05) is 34.3 Å². The Hall–Kier alpha value is -3.14. The van der Waals surface area contributed by atoms with Crippen LogP contribution in [0, 0.1) is 22.0 Å². The maximum Gasteiger partial charge on any atom is 0.336 e. The van der Waals surface area contributed by atoms with Gasteiger partial charge in [0.25, 0.3) is 5.69 Å². The second-order valence-electron chi connectivity index (χ2n) is 8.18. The van der Waals surface area contributed by atoms with Crippen LogP contribution >= 0.6 is 11.8 Å². The minimum atomic E-state index is -1.06. The molecule has 34 heavy (non-hydrogen) atoms. The number of hydrogen-bond donors (Lipinski definition) is 1. The lowest BCUT2D eigenvalue weighted by atomic mass is 9.69. The number of nitrogens with zero attached hydrogens (tertiary/aromatic N) is 1. The first kappa shape index (κ1) is 25.5. The molecule has 182 valence electrons. The van der Waals surface area contributed by atoms with E-state index >= 15 is 0 Å². The van der Waals surface area contributed by atoms with Crippen LogP contribution in [0.4, 0.5) is 5.69 Å². The fraction of sp³-hybridized carbons (Fsp3) is 0.458. The number of allylic oxidation sites excluding steroid dienone is 3. The smallest absolute Gasteiger partial charge is 0.336 e. The number of dihydropyridines is 1. The van der Waals surface area contributed by atoms with Crippen molar-refractivity contribution in [2.75, 3.05) is 25.2 Å². The minimum absolute atomic E-state index is 0.126. The summed E-state index contributed by atoms with van der Waals surface area (Å²) in [4.78, 5) is 50.7. The number of ether oxygens (including phenoxy) is 2. The number of nitro benzene ring substituents is 1. The summed E-state index contributed by atoms with van der Waals surface area (Å²) in [6, 6.07) is 6.01. The average Bonchev–Trinajstić information content (AvgIpc) is 2.80. The van der Waals surface area contributed by atoms with Crippen LogP contribution in [0.5, 0.6) is 0 Å². The molecule has 0 spiro atoms. The van der Waals surface area contributed by atoms with Crippen LogP contribution < -0.4 is 5.32 Å². The lowest BCUT2D eigenvalue weighted by Gasteiger charge is -2.38. The van der Waals surface area contributed by atoms with E-state index in [1.807, 2.05) is 6.92 Å². The molecular formula is C24H28N2O7S. The van der Waals surface area contributed by atoms with Gasteiger partial charge in [-0.3, -0.25) is 19.7 Å². The Kier molecular flexibility index (Phi) is 8.14. The van der Waals surface area contributed by atoms with Crippen LogP contribution in [0.15, 0.2) is 46.8 Å². The SMILES string of the molecule is CCSCCOC(=O)C1=C(C)NC2=C(C(=O)[C@@H](C(=O)OC)[C@@H](C)C2)[C@@H]1c1ccccc1[N+](=O)[O-]. The number of ketones is 1. The summed E-state index contributed by atoms with van der Waals surface area (Å²) in [7, 11) is 1.21. The second kappa shape index (κ2) is 10.9. The fourth-order valence-electron chi connectivity index (χ4n) is 4.58. The van der Waals surface area contributed by atoms with E-state index in [-0.39, 0.29) is 34.9 Å². The van der Waals surface area contributed by atoms with E-state index in [4.69, 9.17) is 9.47 Å². The number of nitro groups is 1. The molecule has 0 aromatic heterocycles. The van der Waals surface area contributed by atoms with Gasteiger partial charge in [0.05, 0.1) is 23.5 Å². The number of methoxy groups -OCH3 is 1. The normalized spacial score (nSPS) is 22.1. The predicted octanol–water partition coefficient (Wildman–Crippen LogP) is 3.50. The summed E-state index contributed by atoms with van der Waals surface area (Å²) < 4.78 is 10.4. The van der Waals surface area contributed by atoms with Crippen LogP contribution in [-0.4, -0.2) is 47.9 Å². The number of rotatable bonds is 8. The molecule has 2 aliphatic rings. The molecule has 1 aromatic rings. The standard InChI is InChI=1S/C24H28N2O7S/c1-5-34-11-10-33-24(29)19-14(3)25-16-12-13(2)18(23(28)32-4)22(27)21(16)20(19)15-8-6-7-9-17(15)26(30)31/h6-9,13,18,20,25H,5,10-12H2,1-4H3/t13-,18-,20+/m0/s1. The molecule has 0 unspecified atom stereocenters. The monoisotopic (exact) mass is 488 g/mol. The highest BCUT2D eigenvalue weighted by Gasteiger charge is 2.48. The van der Waals surface area contributed by atoms with Crippen molar-refractivity contribution in [2.24, 2.45) is 11.8 Å². The molecule has 0 saturated carbocycles. The number of benzene rings is 1. The van der Waals surface area contributed by atoms with Crippen molar-refractivity contribution < 1.29 is 28.8 Å². The molecule has 0 amide bonds. The van der Waals surface area contributed by atoms with Gasteiger partial charge in [0.15, 0.2) is 5.78 Å². The van der Waals surface area contributed by atoms with Crippen molar-refractivity contribution in [2.45, 2.75) is 33.1 Å². The number of esters is 2. The van der Waals surface area contributed by atoms with Crippen molar-refractivity contribution in [3.8, 4) is 0 Å². The molecular weight excluding hydrogens is 460 g/mol. The number of thioether (sulfide) groups is 1.